The van der Waals surface area contributed by atoms with Crippen LogP contribution in [0.15, 0.2) is 48.5 Å². The molecule has 1 aliphatic heterocycles. The number of anilines is 4. The topological polar surface area (TPSA) is 88.6 Å². The molecule has 166 valence electrons. The molecule has 0 atom stereocenters. The van der Waals surface area contributed by atoms with Gasteiger partial charge in [0, 0.05) is 30.5 Å². The first-order valence-electron chi connectivity index (χ1n) is 10.7. The first kappa shape index (κ1) is 21.4. The fourth-order valence-electron chi connectivity index (χ4n) is 3.55. The Balaban J connectivity index is 1.37. The molecule has 0 unspecified atom stereocenters. The standard InChI is InChI=1S/C24H27N5O3/c1-4-29(5-2)23-14-22(25-16(3)26-23)27-18-7-9-19(10-8-18)28-24(30)13-17-6-11-20-21(12-17)32-15-31-20/h6-12,14H,4-5,13,15H2,1-3H3,(H,28,30)(H,25,26,27). The molecule has 8 heteroatoms. The zero-order valence-corrected chi connectivity index (χ0v) is 18.5. The van der Waals surface area contributed by atoms with Crippen LogP contribution in [0.1, 0.15) is 25.2 Å². The first-order chi connectivity index (χ1) is 15.5. The molecular formula is C24H27N5O3. The van der Waals surface area contributed by atoms with Gasteiger partial charge in [-0.2, -0.15) is 0 Å². The fraction of sp³-hybridized carbons (Fsp3) is 0.292. The predicted octanol–water partition coefficient (Wildman–Crippen LogP) is 4.28. The Morgan fingerprint density at radius 2 is 1.69 bits per heavy atom. The van der Waals surface area contributed by atoms with Crippen molar-refractivity contribution in [2.75, 3.05) is 35.4 Å². The van der Waals surface area contributed by atoms with Crippen LogP contribution in [-0.4, -0.2) is 35.8 Å². The van der Waals surface area contributed by atoms with Gasteiger partial charge in [0.05, 0.1) is 6.42 Å². The molecule has 0 saturated carbocycles. The number of nitrogens with one attached hydrogen (secondary N) is 2. The van der Waals surface area contributed by atoms with Crippen molar-refractivity contribution in [2.24, 2.45) is 0 Å². The molecule has 2 N–H and O–H groups in total. The maximum absolute atomic E-state index is 12.4. The highest BCUT2D eigenvalue weighted by Crippen LogP contribution is 2.32. The summed E-state index contributed by atoms with van der Waals surface area (Å²) in [5.74, 6) is 3.63. The lowest BCUT2D eigenvalue weighted by Gasteiger charge is -2.20. The summed E-state index contributed by atoms with van der Waals surface area (Å²) in [4.78, 5) is 23.6. The number of fused-ring (bicyclic) bond motifs is 1. The van der Waals surface area contributed by atoms with E-state index >= 15 is 0 Å². The van der Waals surface area contributed by atoms with E-state index < -0.39 is 0 Å². The Hall–Kier alpha value is -3.81. The molecule has 0 saturated heterocycles. The molecule has 2 aromatic carbocycles. The van der Waals surface area contributed by atoms with Crippen LogP contribution in [0.5, 0.6) is 11.5 Å². The van der Waals surface area contributed by atoms with Crippen LogP contribution in [0, 0.1) is 6.92 Å². The summed E-state index contributed by atoms with van der Waals surface area (Å²) in [5, 5.41) is 6.24. The van der Waals surface area contributed by atoms with Crippen LogP contribution in [0.3, 0.4) is 0 Å². The van der Waals surface area contributed by atoms with E-state index in [1.165, 1.54) is 0 Å². The molecule has 0 fully saturated rings. The minimum Gasteiger partial charge on any atom is -0.454 e. The van der Waals surface area contributed by atoms with Crippen LogP contribution < -0.4 is 25.0 Å². The van der Waals surface area contributed by atoms with Crippen molar-refractivity contribution in [3.05, 3.63) is 59.9 Å². The molecule has 8 nitrogen and oxygen atoms in total. The third kappa shape index (κ3) is 5.08. The molecule has 0 spiro atoms. The average molecular weight is 434 g/mol. The molecule has 1 aliphatic rings. The van der Waals surface area contributed by atoms with Gasteiger partial charge < -0.3 is 25.0 Å². The Kier molecular flexibility index (Phi) is 6.39. The Bertz CT molecular complexity index is 1100. The van der Waals surface area contributed by atoms with Gasteiger partial charge in [-0.3, -0.25) is 4.79 Å². The quantitative estimate of drug-likeness (QED) is 0.548. The van der Waals surface area contributed by atoms with E-state index in [0.717, 1.165) is 41.7 Å². The van der Waals surface area contributed by atoms with Gasteiger partial charge in [0.15, 0.2) is 11.5 Å². The average Bonchev–Trinajstić information content (AvgIpc) is 3.23. The Morgan fingerprint density at radius 3 is 2.44 bits per heavy atom. The molecule has 0 radical (unpaired) electrons. The number of aromatic nitrogens is 2. The number of carbonyl (C=O) groups is 1. The number of benzene rings is 2. The molecule has 32 heavy (non-hydrogen) atoms. The molecule has 0 aliphatic carbocycles. The van der Waals surface area contributed by atoms with Crippen molar-refractivity contribution in [3.8, 4) is 11.5 Å². The van der Waals surface area contributed by atoms with Crippen LogP contribution in [0.2, 0.25) is 0 Å². The van der Waals surface area contributed by atoms with Crippen molar-refractivity contribution in [3.63, 3.8) is 0 Å². The molecule has 1 amide bonds. The van der Waals surface area contributed by atoms with Crippen molar-refractivity contribution < 1.29 is 14.3 Å². The number of nitrogens with zero attached hydrogens (tertiary/aromatic N) is 3. The minimum absolute atomic E-state index is 0.0973. The molecule has 2 heterocycles. The molecule has 0 bridgehead atoms. The monoisotopic (exact) mass is 433 g/mol. The van der Waals surface area contributed by atoms with Crippen LogP contribution in [0.25, 0.3) is 0 Å². The summed E-state index contributed by atoms with van der Waals surface area (Å²) >= 11 is 0. The zero-order valence-electron chi connectivity index (χ0n) is 18.5. The van der Waals surface area contributed by atoms with E-state index in [1.807, 2.05) is 55.5 Å². The highest BCUT2D eigenvalue weighted by atomic mass is 16.7. The lowest BCUT2D eigenvalue weighted by Crippen LogP contribution is -2.23. The van der Waals surface area contributed by atoms with Gasteiger partial charge in [0.2, 0.25) is 12.7 Å². The van der Waals surface area contributed by atoms with Crippen LogP contribution in [-0.2, 0) is 11.2 Å². The number of aryl methyl sites for hydroxylation is 1. The number of rotatable bonds is 8. The van der Waals surface area contributed by atoms with E-state index in [0.29, 0.717) is 17.3 Å². The molecule has 3 aromatic rings. The van der Waals surface area contributed by atoms with Crippen molar-refractivity contribution in [1.29, 1.82) is 0 Å². The lowest BCUT2D eigenvalue weighted by molar-refractivity contribution is -0.115. The van der Waals surface area contributed by atoms with E-state index in [4.69, 9.17) is 9.47 Å². The molecule has 4 rings (SSSR count). The summed E-state index contributed by atoms with van der Waals surface area (Å²) in [6, 6.07) is 15.0. The van der Waals surface area contributed by atoms with Gasteiger partial charge in [0.25, 0.3) is 0 Å². The normalized spacial score (nSPS) is 11.8. The highest BCUT2D eigenvalue weighted by Gasteiger charge is 2.14. The maximum atomic E-state index is 12.4. The third-order valence-corrected chi connectivity index (χ3v) is 5.15. The second kappa shape index (κ2) is 9.55. The second-order valence-corrected chi connectivity index (χ2v) is 7.45. The number of hydrogen-bond donors (Lipinski definition) is 2. The van der Waals surface area contributed by atoms with Gasteiger partial charge >= 0.3 is 0 Å². The van der Waals surface area contributed by atoms with E-state index in [9.17, 15) is 4.79 Å². The van der Waals surface area contributed by atoms with E-state index in [2.05, 4.69) is 39.3 Å². The fourth-order valence-corrected chi connectivity index (χ4v) is 3.55. The van der Waals surface area contributed by atoms with Gasteiger partial charge in [-0.1, -0.05) is 6.07 Å². The van der Waals surface area contributed by atoms with Crippen molar-refractivity contribution >= 4 is 28.9 Å². The maximum Gasteiger partial charge on any atom is 0.231 e. The van der Waals surface area contributed by atoms with Gasteiger partial charge in [-0.15, -0.1) is 0 Å². The number of hydrogen-bond acceptors (Lipinski definition) is 7. The Morgan fingerprint density at radius 1 is 0.969 bits per heavy atom. The summed E-state index contributed by atoms with van der Waals surface area (Å²) in [7, 11) is 0. The van der Waals surface area contributed by atoms with E-state index in [1.54, 1.807) is 0 Å². The number of carbonyl (C=O) groups excluding carboxylic acids is 1. The summed E-state index contributed by atoms with van der Waals surface area (Å²) in [6.45, 7) is 8.08. The molecular weight excluding hydrogens is 406 g/mol. The number of ether oxygens (including phenoxy) is 2. The minimum atomic E-state index is -0.0973. The van der Waals surface area contributed by atoms with Gasteiger partial charge in [-0.25, -0.2) is 9.97 Å². The number of amides is 1. The smallest absolute Gasteiger partial charge is 0.231 e. The first-order valence-corrected chi connectivity index (χ1v) is 10.7. The Labute approximate surface area is 187 Å². The summed E-state index contributed by atoms with van der Waals surface area (Å²) in [6.07, 6.45) is 0.255. The lowest BCUT2D eigenvalue weighted by atomic mass is 10.1. The van der Waals surface area contributed by atoms with Crippen molar-refractivity contribution in [2.45, 2.75) is 27.2 Å². The summed E-state index contributed by atoms with van der Waals surface area (Å²) < 4.78 is 10.7. The zero-order chi connectivity index (χ0) is 22.5. The predicted molar refractivity (Wildman–Crippen MR) is 125 cm³/mol. The molecule has 1 aromatic heterocycles. The largest absolute Gasteiger partial charge is 0.454 e. The second-order valence-electron chi connectivity index (χ2n) is 7.45. The van der Waals surface area contributed by atoms with Gasteiger partial charge in [-0.05, 0) is 62.7 Å². The third-order valence-electron chi connectivity index (χ3n) is 5.15. The van der Waals surface area contributed by atoms with Gasteiger partial charge in [0.1, 0.15) is 17.5 Å². The van der Waals surface area contributed by atoms with E-state index in [-0.39, 0.29) is 19.1 Å². The summed E-state index contributed by atoms with van der Waals surface area (Å²) in [5.41, 5.74) is 2.47. The van der Waals surface area contributed by atoms with Crippen molar-refractivity contribution in [1.82, 2.24) is 9.97 Å². The SMILES string of the molecule is CCN(CC)c1cc(Nc2ccc(NC(=O)Cc3ccc4c(c3)OCO4)cc2)nc(C)n1. The van der Waals surface area contributed by atoms with Crippen LogP contribution in [0.4, 0.5) is 23.0 Å². The highest BCUT2D eigenvalue weighted by molar-refractivity contribution is 5.92. The van der Waals surface area contributed by atoms with Crippen LogP contribution >= 0.6 is 0 Å².